The van der Waals surface area contributed by atoms with Gasteiger partial charge in [-0.25, -0.2) is 4.79 Å². The molecule has 0 atom stereocenters. The van der Waals surface area contributed by atoms with Crippen molar-refractivity contribution in [3.05, 3.63) is 56.5 Å². The Kier molecular flexibility index (Phi) is 3.85. The molecule has 118 valence electrons. The second-order valence-corrected chi connectivity index (χ2v) is 5.63. The Morgan fingerprint density at radius 2 is 2.22 bits per heavy atom. The molecular formula is C14H13BrN6O2. The minimum atomic E-state index is -0.432. The molecule has 8 nitrogen and oxygen atoms in total. The highest BCUT2D eigenvalue weighted by Crippen LogP contribution is 2.23. The van der Waals surface area contributed by atoms with Crippen LogP contribution in [0.1, 0.15) is 12.5 Å². The maximum absolute atomic E-state index is 12.1. The summed E-state index contributed by atoms with van der Waals surface area (Å²) in [5.74, 6) is 0.893. The van der Waals surface area contributed by atoms with E-state index in [0.717, 1.165) is 14.9 Å². The van der Waals surface area contributed by atoms with Crippen molar-refractivity contribution in [2.45, 2.75) is 13.5 Å². The number of aromatic nitrogens is 6. The van der Waals surface area contributed by atoms with Crippen LogP contribution in [0, 0.1) is 6.92 Å². The first-order valence-corrected chi connectivity index (χ1v) is 7.46. The van der Waals surface area contributed by atoms with Gasteiger partial charge in [-0.3, -0.25) is 0 Å². The Morgan fingerprint density at radius 3 is 2.91 bits per heavy atom. The monoisotopic (exact) mass is 378 g/mol. The van der Waals surface area contributed by atoms with Crippen LogP contribution in [0.4, 0.5) is 0 Å². The highest BCUT2D eigenvalue weighted by molar-refractivity contribution is 9.10. The summed E-state index contributed by atoms with van der Waals surface area (Å²) >= 11 is 3.40. The predicted molar refractivity (Wildman–Crippen MR) is 85.4 cm³/mol. The lowest BCUT2D eigenvalue weighted by molar-refractivity contribution is 0.301. The molecular weight excluding hydrogens is 364 g/mol. The van der Waals surface area contributed by atoms with Crippen molar-refractivity contribution in [1.29, 1.82) is 0 Å². The molecule has 0 fully saturated rings. The van der Waals surface area contributed by atoms with Crippen molar-refractivity contribution in [1.82, 2.24) is 30.0 Å². The zero-order valence-corrected chi connectivity index (χ0v) is 14.0. The normalized spacial score (nSPS) is 11.3. The molecule has 0 spiro atoms. The van der Waals surface area contributed by atoms with Gasteiger partial charge in [-0.15, -0.1) is 9.78 Å². The zero-order valence-electron chi connectivity index (χ0n) is 13.4. The van der Waals surface area contributed by atoms with E-state index in [1.807, 2.05) is 6.92 Å². The van der Waals surface area contributed by atoms with Crippen LogP contribution in [0.2, 0.25) is 0 Å². The molecule has 0 radical (unpaired) electrons. The molecule has 0 aliphatic heterocycles. The van der Waals surface area contributed by atoms with E-state index in [4.69, 9.17) is 6.11 Å². The number of halogens is 1. The maximum atomic E-state index is 12.1. The van der Waals surface area contributed by atoms with Gasteiger partial charge in [0.05, 0.1) is 13.1 Å². The van der Waals surface area contributed by atoms with Crippen LogP contribution >= 0.6 is 15.9 Å². The van der Waals surface area contributed by atoms with Gasteiger partial charge in [0.2, 0.25) is 0 Å². The van der Waals surface area contributed by atoms with Crippen molar-refractivity contribution in [2.24, 2.45) is 7.05 Å². The van der Waals surface area contributed by atoms with Gasteiger partial charge >= 0.3 is 5.69 Å². The lowest BCUT2D eigenvalue weighted by Crippen LogP contribution is -2.24. The molecule has 3 rings (SSSR count). The number of tetrazole rings is 1. The van der Waals surface area contributed by atoms with E-state index in [-0.39, 0.29) is 12.4 Å². The van der Waals surface area contributed by atoms with E-state index in [1.165, 1.54) is 13.2 Å². The van der Waals surface area contributed by atoms with Crippen LogP contribution in [0.3, 0.4) is 0 Å². The molecule has 23 heavy (non-hydrogen) atoms. The number of hydrogen-bond acceptors (Lipinski definition) is 6. The SMILES string of the molecule is [3H]c1ccc(OCc2c(Br)cnnc2-n2nnn(C)c2=O)c(C)c1. The van der Waals surface area contributed by atoms with E-state index >= 15 is 0 Å². The van der Waals surface area contributed by atoms with Crippen LogP contribution in [0.25, 0.3) is 5.82 Å². The first kappa shape index (κ1) is 14.1. The van der Waals surface area contributed by atoms with Crippen molar-refractivity contribution in [3.63, 3.8) is 0 Å². The summed E-state index contributed by atoms with van der Waals surface area (Å²) in [6, 6.07) is 5.51. The van der Waals surface area contributed by atoms with Gasteiger partial charge in [0.25, 0.3) is 0 Å². The van der Waals surface area contributed by atoms with Gasteiger partial charge in [-0.1, -0.05) is 18.2 Å². The standard InChI is InChI=1S/C14H13BrN6O2/c1-9-5-3-4-6-12(9)23-8-10-11(15)7-16-17-13(10)21-14(22)20(2)18-19-21/h3-7H,8H2,1-2H3/i3T. The Balaban J connectivity index is 1.96. The minimum absolute atomic E-state index is 0.145. The van der Waals surface area contributed by atoms with Gasteiger partial charge < -0.3 is 4.74 Å². The molecule has 0 aliphatic rings. The fourth-order valence-corrected chi connectivity index (χ4v) is 2.32. The van der Waals surface area contributed by atoms with Crippen molar-refractivity contribution in [3.8, 4) is 11.6 Å². The van der Waals surface area contributed by atoms with Crippen LogP contribution in [0.15, 0.2) is 39.7 Å². The molecule has 0 bridgehead atoms. The average molecular weight is 379 g/mol. The van der Waals surface area contributed by atoms with Gasteiger partial charge in [-0.05, 0) is 44.9 Å². The third kappa shape index (κ3) is 3.00. The molecule has 0 amide bonds. The molecule has 0 N–H and O–H groups in total. The second-order valence-electron chi connectivity index (χ2n) is 4.77. The molecule has 2 heterocycles. The van der Waals surface area contributed by atoms with Crippen molar-refractivity contribution >= 4 is 15.9 Å². The van der Waals surface area contributed by atoms with Gasteiger partial charge in [0.1, 0.15) is 12.4 Å². The molecule has 0 aliphatic carbocycles. The molecule has 3 aromatic rings. The number of hydrogen-bond donors (Lipinski definition) is 0. The molecule has 0 unspecified atom stereocenters. The highest BCUT2D eigenvalue weighted by Gasteiger charge is 2.17. The molecule has 2 aromatic heterocycles. The van der Waals surface area contributed by atoms with E-state index in [9.17, 15) is 4.79 Å². The topological polar surface area (TPSA) is 87.7 Å². The Morgan fingerprint density at radius 1 is 1.39 bits per heavy atom. The summed E-state index contributed by atoms with van der Waals surface area (Å²) in [4.78, 5) is 12.1. The second kappa shape index (κ2) is 6.29. The average Bonchev–Trinajstić information content (AvgIpc) is 2.87. The quantitative estimate of drug-likeness (QED) is 0.681. The largest absolute Gasteiger partial charge is 0.488 e. The minimum Gasteiger partial charge on any atom is -0.488 e. The summed E-state index contributed by atoms with van der Waals surface area (Å²) < 4.78 is 16.2. The van der Waals surface area contributed by atoms with E-state index < -0.39 is 5.69 Å². The summed E-state index contributed by atoms with van der Waals surface area (Å²) in [6.45, 7) is 2.01. The smallest absolute Gasteiger partial charge is 0.369 e. The Bertz CT molecular complexity index is 955. The van der Waals surface area contributed by atoms with Crippen LogP contribution < -0.4 is 10.4 Å². The van der Waals surface area contributed by atoms with Crippen LogP contribution in [0.5, 0.6) is 5.75 Å². The molecule has 0 saturated carbocycles. The number of aryl methyl sites for hydroxylation is 2. The zero-order chi connectivity index (χ0) is 17.3. The number of rotatable bonds is 4. The summed E-state index contributed by atoms with van der Waals surface area (Å²) in [7, 11) is 1.50. The third-order valence-corrected chi connectivity index (χ3v) is 3.88. The van der Waals surface area contributed by atoms with Crippen LogP contribution in [-0.2, 0) is 13.7 Å². The van der Waals surface area contributed by atoms with Crippen molar-refractivity contribution < 1.29 is 6.11 Å². The predicted octanol–water partition coefficient (Wildman–Crippen LogP) is 1.41. The number of nitrogens with zero attached hydrogens (tertiary/aromatic N) is 6. The molecule has 9 heteroatoms. The van der Waals surface area contributed by atoms with E-state index in [0.29, 0.717) is 21.8 Å². The van der Waals surface area contributed by atoms with Gasteiger partial charge in [0, 0.05) is 11.5 Å². The molecule has 1 aromatic carbocycles. The summed E-state index contributed by atoms with van der Waals surface area (Å²) in [5.41, 5.74) is 1.03. The van der Waals surface area contributed by atoms with E-state index in [1.54, 1.807) is 18.2 Å². The lowest BCUT2D eigenvalue weighted by Gasteiger charge is -2.11. The van der Waals surface area contributed by atoms with Crippen molar-refractivity contribution in [2.75, 3.05) is 0 Å². The summed E-state index contributed by atoms with van der Waals surface area (Å²) in [6.07, 6.45) is 1.52. The maximum Gasteiger partial charge on any atom is 0.369 e. The summed E-state index contributed by atoms with van der Waals surface area (Å²) in [5, 5.41) is 15.3. The van der Waals surface area contributed by atoms with Gasteiger partial charge in [0.15, 0.2) is 5.82 Å². The third-order valence-electron chi connectivity index (χ3n) is 3.20. The fraction of sp³-hybridized carbons (Fsp3) is 0.214. The number of ether oxygens (including phenoxy) is 1. The first-order valence-electron chi connectivity index (χ1n) is 7.17. The first-order chi connectivity index (χ1) is 11.5. The molecule has 0 saturated heterocycles. The van der Waals surface area contributed by atoms with Gasteiger partial charge in [-0.2, -0.15) is 9.78 Å². The van der Waals surface area contributed by atoms with Crippen LogP contribution in [-0.4, -0.2) is 30.0 Å². The Labute approximate surface area is 141 Å². The Hall–Kier alpha value is -2.55. The lowest BCUT2D eigenvalue weighted by atomic mass is 10.2. The fourth-order valence-electron chi connectivity index (χ4n) is 1.94. The van der Waals surface area contributed by atoms with E-state index in [2.05, 4.69) is 36.6 Å². The highest BCUT2D eigenvalue weighted by atomic mass is 79.9. The number of para-hydroxylation sites is 1. The number of benzene rings is 1.